The van der Waals surface area contributed by atoms with Gasteiger partial charge in [-0.1, -0.05) is 47.1 Å². The second-order valence-corrected chi connectivity index (χ2v) is 20.6. The average molecular weight is 823 g/mol. The Kier molecular flexibility index (Phi) is 10.7. The van der Waals surface area contributed by atoms with Crippen LogP contribution in [-0.4, -0.2) is 132 Å². The minimum Gasteiger partial charge on any atom is -0.481 e. The Labute approximate surface area is 337 Å². The number of carboxylic acids is 3. The molecule has 2 saturated heterocycles. The molecule has 5 aliphatic carbocycles. The number of carboxylic acid groups (broad SMARTS) is 3. The molecule has 0 aromatic rings. The molecule has 7 rings (SSSR count). The van der Waals surface area contributed by atoms with Gasteiger partial charge in [-0.25, -0.2) is 9.59 Å². The van der Waals surface area contributed by atoms with Crippen molar-refractivity contribution < 1.29 is 79.0 Å². The molecule has 326 valence electrons. The quantitative estimate of drug-likeness (QED) is 0.171. The summed E-state index contributed by atoms with van der Waals surface area (Å²) in [5.74, 6) is -4.47. The number of ether oxygens (including phenoxy) is 4. The van der Waals surface area contributed by atoms with Crippen molar-refractivity contribution in [3.63, 3.8) is 0 Å². The van der Waals surface area contributed by atoms with Crippen LogP contribution in [0.5, 0.6) is 0 Å². The summed E-state index contributed by atoms with van der Waals surface area (Å²) in [5.41, 5.74) is -1.81. The molecule has 2 aliphatic heterocycles. The van der Waals surface area contributed by atoms with Crippen molar-refractivity contribution in [3.8, 4) is 0 Å². The summed E-state index contributed by atoms with van der Waals surface area (Å²) in [6.45, 7) is 14.8. The fourth-order valence-corrected chi connectivity index (χ4v) is 13.4. The Bertz CT molecular complexity index is 1730. The number of hydrogen-bond acceptors (Lipinski definition) is 13. The first-order chi connectivity index (χ1) is 26.8. The predicted octanol–water partition coefficient (Wildman–Crippen LogP) is 2.25. The van der Waals surface area contributed by atoms with Crippen molar-refractivity contribution in [1.29, 1.82) is 0 Å². The van der Waals surface area contributed by atoms with Crippen molar-refractivity contribution in [2.24, 2.45) is 50.2 Å². The van der Waals surface area contributed by atoms with E-state index in [1.165, 1.54) is 0 Å². The van der Waals surface area contributed by atoms with Gasteiger partial charge in [-0.15, -0.1) is 0 Å². The molecule has 0 spiro atoms. The SMILES string of the molecule is CC1(C)[C@@H](O[C@H]2O[C@@H](C(=O)O)[C@H](O)[C@@H](O)[C@@H]2O[C@@H]2O[C@H](C(=O)O)[C@@H](O)[C@H](O)[C@@H]2O)CC[C@@]2(C)[C@@H]1CC[C@]1(C)[C@@H]2C(=O)C=C2[C@@H]3C[C@@](C)(C(=O)O)CC[C@]3(C)CC[C@]21C. The van der Waals surface area contributed by atoms with E-state index in [2.05, 4.69) is 27.7 Å². The first kappa shape index (κ1) is 43.5. The zero-order valence-electron chi connectivity index (χ0n) is 34.4. The Balaban J connectivity index is 1.17. The standard InChI is InChI=1S/C42H62O16/c1-37(2)21-8-11-42(7)31(20(43)16-18-19-17-39(4,36(53)54)13-12-38(19,3)14-15-41(18,42)6)40(21,5)10-9-22(37)55-35-30(26(47)25(46)29(57-35)33(51)52)58-34-27(48)23(44)24(45)28(56-34)32(49)50/h16,19,21-31,34-35,44-48H,8-15,17H2,1-7H3,(H,49,50)(H,51,52)(H,53,54)/t19-,21+,22-,23-,24-,25+,26+,27-,28-,29+,30-,31+,34-,35-,38+,39-,40-,41+,42+/m0/s1. The van der Waals surface area contributed by atoms with Gasteiger partial charge in [0, 0.05) is 5.92 Å². The zero-order chi connectivity index (χ0) is 42.9. The predicted molar refractivity (Wildman–Crippen MR) is 199 cm³/mol. The minimum absolute atomic E-state index is 0.0217. The number of aliphatic carboxylic acids is 3. The molecule has 2 heterocycles. The summed E-state index contributed by atoms with van der Waals surface area (Å²) in [5, 5.41) is 83.0. The van der Waals surface area contributed by atoms with E-state index < -0.39 is 107 Å². The maximum absolute atomic E-state index is 14.8. The summed E-state index contributed by atoms with van der Waals surface area (Å²) in [6, 6.07) is 0. The van der Waals surface area contributed by atoms with Crippen LogP contribution in [0.25, 0.3) is 0 Å². The number of carbonyl (C=O) groups excluding carboxylic acids is 1. The van der Waals surface area contributed by atoms with Gasteiger partial charge in [0.25, 0.3) is 0 Å². The summed E-state index contributed by atoms with van der Waals surface area (Å²) in [6.07, 6.45) is -12.2. The van der Waals surface area contributed by atoms with E-state index in [0.717, 1.165) is 37.7 Å². The highest BCUT2D eigenvalue weighted by Gasteiger charge is 2.71. The molecule has 7 aliphatic rings. The van der Waals surface area contributed by atoms with E-state index in [-0.39, 0.29) is 34.4 Å². The molecule has 16 nitrogen and oxygen atoms in total. The Morgan fingerprint density at radius 1 is 0.690 bits per heavy atom. The third kappa shape index (κ3) is 6.25. The van der Waals surface area contributed by atoms with Crippen LogP contribution in [-0.2, 0) is 38.1 Å². The van der Waals surface area contributed by atoms with Crippen molar-refractivity contribution in [2.45, 2.75) is 174 Å². The van der Waals surface area contributed by atoms with Crippen LogP contribution in [0.3, 0.4) is 0 Å². The van der Waals surface area contributed by atoms with Crippen LogP contribution < -0.4 is 0 Å². The van der Waals surface area contributed by atoms with Crippen LogP contribution in [0.4, 0.5) is 0 Å². The van der Waals surface area contributed by atoms with E-state index in [0.29, 0.717) is 25.7 Å². The van der Waals surface area contributed by atoms with Crippen LogP contribution in [0.1, 0.15) is 106 Å². The van der Waals surface area contributed by atoms with Gasteiger partial charge in [0.1, 0.15) is 36.6 Å². The molecule has 6 fully saturated rings. The van der Waals surface area contributed by atoms with E-state index in [9.17, 15) is 60.0 Å². The number of fused-ring (bicyclic) bond motifs is 7. The third-order valence-electron chi connectivity index (χ3n) is 17.2. The number of aliphatic hydroxyl groups is 5. The van der Waals surface area contributed by atoms with Gasteiger partial charge in [-0.3, -0.25) is 9.59 Å². The second-order valence-electron chi connectivity index (χ2n) is 20.6. The molecule has 0 unspecified atom stereocenters. The van der Waals surface area contributed by atoms with Gasteiger partial charge in [0.15, 0.2) is 30.6 Å². The molecule has 4 saturated carbocycles. The molecule has 0 bridgehead atoms. The van der Waals surface area contributed by atoms with E-state index in [1.807, 2.05) is 26.8 Å². The van der Waals surface area contributed by atoms with E-state index in [4.69, 9.17) is 18.9 Å². The lowest BCUT2D eigenvalue weighted by molar-refractivity contribution is -0.371. The molecule has 19 atom stereocenters. The van der Waals surface area contributed by atoms with Gasteiger partial charge in [0.05, 0.1) is 11.5 Å². The van der Waals surface area contributed by atoms with Gasteiger partial charge >= 0.3 is 17.9 Å². The molecule has 58 heavy (non-hydrogen) atoms. The van der Waals surface area contributed by atoms with Gasteiger partial charge < -0.3 is 59.8 Å². The lowest BCUT2D eigenvalue weighted by Crippen LogP contribution is -2.68. The number of rotatable bonds is 7. The zero-order valence-corrected chi connectivity index (χ0v) is 34.4. The topological polar surface area (TPSA) is 267 Å². The Morgan fingerprint density at radius 3 is 1.88 bits per heavy atom. The average Bonchev–Trinajstić information content (AvgIpc) is 3.13. The molecular formula is C42H62O16. The number of allylic oxidation sites excluding steroid dienone is 2. The lowest BCUT2D eigenvalue weighted by atomic mass is 9.33. The second kappa shape index (κ2) is 14.3. The van der Waals surface area contributed by atoms with Crippen LogP contribution in [0.2, 0.25) is 0 Å². The summed E-state index contributed by atoms with van der Waals surface area (Å²) < 4.78 is 23.4. The van der Waals surface area contributed by atoms with Crippen molar-refractivity contribution in [2.75, 3.05) is 0 Å². The first-order valence-electron chi connectivity index (χ1n) is 20.7. The van der Waals surface area contributed by atoms with Crippen LogP contribution in [0.15, 0.2) is 11.6 Å². The Morgan fingerprint density at radius 2 is 1.28 bits per heavy atom. The normalized spacial score (nSPS) is 52.6. The fourth-order valence-electron chi connectivity index (χ4n) is 13.4. The van der Waals surface area contributed by atoms with Gasteiger partial charge in [-0.2, -0.15) is 0 Å². The lowest BCUT2D eigenvalue weighted by Gasteiger charge is -2.70. The van der Waals surface area contributed by atoms with Crippen molar-refractivity contribution in [3.05, 3.63) is 11.6 Å². The highest BCUT2D eigenvalue weighted by molar-refractivity contribution is 5.95. The summed E-state index contributed by atoms with van der Waals surface area (Å²) in [4.78, 5) is 51.3. The third-order valence-corrected chi connectivity index (χ3v) is 17.2. The summed E-state index contributed by atoms with van der Waals surface area (Å²) >= 11 is 0. The number of ketones is 1. The summed E-state index contributed by atoms with van der Waals surface area (Å²) in [7, 11) is 0. The van der Waals surface area contributed by atoms with Crippen LogP contribution in [0, 0.1) is 50.2 Å². The number of carbonyl (C=O) groups is 4. The number of hydrogen-bond donors (Lipinski definition) is 8. The fraction of sp³-hybridized carbons (Fsp3) is 0.857. The van der Waals surface area contributed by atoms with Crippen LogP contribution >= 0.6 is 0 Å². The highest BCUT2D eigenvalue weighted by Crippen LogP contribution is 2.75. The van der Waals surface area contributed by atoms with Crippen molar-refractivity contribution >= 4 is 23.7 Å². The van der Waals surface area contributed by atoms with Crippen molar-refractivity contribution in [1.82, 2.24) is 0 Å². The maximum atomic E-state index is 14.8. The molecule has 0 amide bonds. The monoisotopic (exact) mass is 822 g/mol. The molecule has 0 radical (unpaired) electrons. The van der Waals surface area contributed by atoms with E-state index in [1.54, 1.807) is 0 Å². The smallest absolute Gasteiger partial charge is 0.335 e. The molecular weight excluding hydrogens is 760 g/mol. The van der Waals surface area contributed by atoms with Gasteiger partial charge in [-0.05, 0) is 110 Å². The first-order valence-corrected chi connectivity index (χ1v) is 20.7. The molecule has 8 N–H and O–H groups in total. The molecule has 0 aromatic heterocycles. The molecule has 16 heteroatoms. The molecule has 0 aromatic carbocycles. The highest BCUT2D eigenvalue weighted by atomic mass is 16.8. The van der Waals surface area contributed by atoms with E-state index >= 15 is 0 Å². The van der Waals surface area contributed by atoms with Gasteiger partial charge in [0.2, 0.25) is 0 Å². The maximum Gasteiger partial charge on any atom is 0.335 e. The Hall–Kier alpha value is -2.54. The minimum atomic E-state index is -2.05. The number of aliphatic hydroxyl groups excluding tert-OH is 5. The largest absolute Gasteiger partial charge is 0.481 e.